The van der Waals surface area contributed by atoms with Crippen LogP contribution in [-0.4, -0.2) is 48.8 Å². The third kappa shape index (κ3) is 4.62. The van der Waals surface area contributed by atoms with Crippen molar-refractivity contribution in [2.45, 2.75) is 32.2 Å². The molecule has 0 aromatic carbocycles. The topological polar surface area (TPSA) is 49.8 Å². The van der Waals surface area contributed by atoms with Crippen LogP contribution in [0, 0.1) is 5.92 Å². The largest absolute Gasteiger partial charge is 0.481 e. The molecule has 88 valence electrons. The SMILES string of the molecule is CC(CC(=O)O)N(C)CC1CCCOC1. The van der Waals surface area contributed by atoms with Crippen LogP contribution in [0.4, 0.5) is 0 Å². The van der Waals surface area contributed by atoms with Gasteiger partial charge in [0.15, 0.2) is 0 Å². The fraction of sp³-hybridized carbons (Fsp3) is 0.909. The van der Waals surface area contributed by atoms with E-state index >= 15 is 0 Å². The maximum absolute atomic E-state index is 10.6. The van der Waals surface area contributed by atoms with Crippen molar-refractivity contribution in [1.29, 1.82) is 0 Å². The summed E-state index contributed by atoms with van der Waals surface area (Å²) >= 11 is 0. The minimum atomic E-state index is -0.728. The van der Waals surface area contributed by atoms with Crippen molar-refractivity contribution < 1.29 is 14.6 Å². The number of hydrogen-bond acceptors (Lipinski definition) is 3. The molecule has 1 aliphatic rings. The Bertz CT molecular complexity index is 202. The highest BCUT2D eigenvalue weighted by Gasteiger charge is 2.19. The third-order valence-electron chi connectivity index (χ3n) is 3.02. The van der Waals surface area contributed by atoms with E-state index in [2.05, 4.69) is 4.90 Å². The molecule has 1 rings (SSSR count). The molecule has 0 radical (unpaired) electrons. The van der Waals surface area contributed by atoms with Crippen molar-refractivity contribution >= 4 is 5.97 Å². The van der Waals surface area contributed by atoms with Crippen LogP contribution < -0.4 is 0 Å². The molecule has 4 heteroatoms. The molecule has 4 nitrogen and oxygen atoms in total. The van der Waals surface area contributed by atoms with Crippen LogP contribution in [0.25, 0.3) is 0 Å². The normalized spacial score (nSPS) is 24.1. The molecule has 15 heavy (non-hydrogen) atoms. The quantitative estimate of drug-likeness (QED) is 0.749. The molecule has 0 aliphatic carbocycles. The third-order valence-corrected chi connectivity index (χ3v) is 3.02. The molecule has 1 aliphatic heterocycles. The van der Waals surface area contributed by atoms with Crippen LogP contribution >= 0.6 is 0 Å². The number of rotatable bonds is 5. The summed E-state index contributed by atoms with van der Waals surface area (Å²) in [5.41, 5.74) is 0. The van der Waals surface area contributed by atoms with E-state index < -0.39 is 5.97 Å². The van der Waals surface area contributed by atoms with Crippen LogP contribution in [-0.2, 0) is 9.53 Å². The number of carboxylic acid groups (broad SMARTS) is 1. The molecule has 0 spiro atoms. The van der Waals surface area contributed by atoms with E-state index in [4.69, 9.17) is 9.84 Å². The minimum Gasteiger partial charge on any atom is -0.481 e. The number of carboxylic acids is 1. The van der Waals surface area contributed by atoms with Crippen LogP contribution in [0.2, 0.25) is 0 Å². The van der Waals surface area contributed by atoms with E-state index in [1.54, 1.807) is 0 Å². The fourth-order valence-corrected chi connectivity index (χ4v) is 1.95. The maximum atomic E-state index is 10.6. The fourth-order valence-electron chi connectivity index (χ4n) is 1.95. The Morgan fingerprint density at radius 3 is 2.93 bits per heavy atom. The van der Waals surface area contributed by atoms with Crippen molar-refractivity contribution in [1.82, 2.24) is 4.90 Å². The summed E-state index contributed by atoms with van der Waals surface area (Å²) in [6.07, 6.45) is 2.54. The molecule has 0 aromatic rings. The molecule has 1 fully saturated rings. The monoisotopic (exact) mass is 215 g/mol. The first-order valence-corrected chi connectivity index (χ1v) is 5.59. The zero-order chi connectivity index (χ0) is 11.3. The summed E-state index contributed by atoms with van der Waals surface area (Å²) < 4.78 is 5.40. The Morgan fingerprint density at radius 1 is 1.67 bits per heavy atom. The van der Waals surface area contributed by atoms with Gasteiger partial charge in [0.1, 0.15) is 0 Å². The van der Waals surface area contributed by atoms with Crippen LogP contribution in [0.1, 0.15) is 26.2 Å². The van der Waals surface area contributed by atoms with Crippen molar-refractivity contribution in [2.24, 2.45) is 5.92 Å². The Balaban J connectivity index is 2.26. The van der Waals surface area contributed by atoms with Gasteiger partial charge in [-0.3, -0.25) is 4.79 Å². The van der Waals surface area contributed by atoms with Gasteiger partial charge in [-0.2, -0.15) is 0 Å². The van der Waals surface area contributed by atoms with E-state index in [-0.39, 0.29) is 12.5 Å². The van der Waals surface area contributed by atoms with Gasteiger partial charge in [0.05, 0.1) is 13.0 Å². The molecule has 2 unspecified atom stereocenters. The van der Waals surface area contributed by atoms with E-state index in [9.17, 15) is 4.79 Å². The van der Waals surface area contributed by atoms with Crippen molar-refractivity contribution in [3.63, 3.8) is 0 Å². The molecule has 0 amide bonds. The molecular weight excluding hydrogens is 194 g/mol. The summed E-state index contributed by atoms with van der Waals surface area (Å²) in [6, 6.07) is 0.101. The average molecular weight is 215 g/mol. The van der Waals surface area contributed by atoms with Crippen LogP contribution in [0.5, 0.6) is 0 Å². The highest BCUT2D eigenvalue weighted by Crippen LogP contribution is 2.15. The van der Waals surface area contributed by atoms with E-state index in [1.807, 2.05) is 14.0 Å². The Labute approximate surface area is 91.2 Å². The summed E-state index contributed by atoms with van der Waals surface area (Å²) in [6.45, 7) is 4.60. The summed E-state index contributed by atoms with van der Waals surface area (Å²) in [5, 5.41) is 8.69. The molecule has 1 N–H and O–H groups in total. The van der Waals surface area contributed by atoms with Crippen molar-refractivity contribution in [2.75, 3.05) is 26.8 Å². The van der Waals surface area contributed by atoms with Gasteiger partial charge in [-0.05, 0) is 32.7 Å². The number of ether oxygens (including phenoxy) is 1. The van der Waals surface area contributed by atoms with Gasteiger partial charge >= 0.3 is 5.97 Å². The first kappa shape index (κ1) is 12.5. The van der Waals surface area contributed by atoms with E-state index in [0.717, 1.165) is 26.2 Å². The molecule has 1 heterocycles. The van der Waals surface area contributed by atoms with Gasteiger partial charge in [-0.15, -0.1) is 0 Å². The molecule has 1 saturated heterocycles. The average Bonchev–Trinajstić information content (AvgIpc) is 2.18. The predicted octanol–water partition coefficient (Wildman–Crippen LogP) is 1.21. The van der Waals surface area contributed by atoms with E-state index in [0.29, 0.717) is 5.92 Å². The standard InChI is InChI=1S/C11H21NO3/c1-9(6-11(13)14)12(2)7-10-4-3-5-15-8-10/h9-10H,3-8H2,1-2H3,(H,13,14). The molecular formula is C11H21NO3. The van der Waals surface area contributed by atoms with Crippen LogP contribution in [0.3, 0.4) is 0 Å². The lowest BCUT2D eigenvalue weighted by atomic mass is 10.0. The maximum Gasteiger partial charge on any atom is 0.304 e. The first-order chi connectivity index (χ1) is 7.09. The minimum absolute atomic E-state index is 0.101. The van der Waals surface area contributed by atoms with Gasteiger partial charge in [0, 0.05) is 19.2 Å². The highest BCUT2D eigenvalue weighted by molar-refractivity contribution is 5.67. The lowest BCUT2D eigenvalue weighted by Crippen LogP contribution is -2.37. The number of aliphatic carboxylic acids is 1. The lowest BCUT2D eigenvalue weighted by molar-refractivity contribution is -0.138. The Kier molecular flexibility index (Phi) is 5.05. The van der Waals surface area contributed by atoms with E-state index in [1.165, 1.54) is 6.42 Å². The summed E-state index contributed by atoms with van der Waals surface area (Å²) in [4.78, 5) is 12.7. The number of carbonyl (C=O) groups is 1. The second kappa shape index (κ2) is 6.08. The lowest BCUT2D eigenvalue weighted by Gasteiger charge is -2.30. The molecule has 0 bridgehead atoms. The predicted molar refractivity (Wildman–Crippen MR) is 57.9 cm³/mol. The first-order valence-electron chi connectivity index (χ1n) is 5.59. The smallest absolute Gasteiger partial charge is 0.304 e. The molecule has 0 saturated carbocycles. The van der Waals surface area contributed by atoms with Crippen molar-refractivity contribution in [3.05, 3.63) is 0 Å². The van der Waals surface area contributed by atoms with Gasteiger partial charge in [0.2, 0.25) is 0 Å². The second-order valence-corrected chi connectivity index (χ2v) is 4.47. The van der Waals surface area contributed by atoms with Gasteiger partial charge in [0.25, 0.3) is 0 Å². The second-order valence-electron chi connectivity index (χ2n) is 4.47. The van der Waals surface area contributed by atoms with Gasteiger partial charge < -0.3 is 14.7 Å². The van der Waals surface area contributed by atoms with Crippen molar-refractivity contribution in [3.8, 4) is 0 Å². The van der Waals surface area contributed by atoms with Crippen LogP contribution in [0.15, 0.2) is 0 Å². The van der Waals surface area contributed by atoms with Gasteiger partial charge in [-0.25, -0.2) is 0 Å². The number of nitrogens with zero attached hydrogens (tertiary/aromatic N) is 1. The molecule has 0 aromatic heterocycles. The Hall–Kier alpha value is -0.610. The summed E-state index contributed by atoms with van der Waals surface area (Å²) in [7, 11) is 1.99. The zero-order valence-corrected chi connectivity index (χ0v) is 9.61. The number of hydrogen-bond donors (Lipinski definition) is 1. The Morgan fingerprint density at radius 2 is 2.40 bits per heavy atom. The molecule has 2 atom stereocenters. The summed E-state index contributed by atoms with van der Waals surface area (Å²) in [5.74, 6) is -0.158. The zero-order valence-electron chi connectivity index (χ0n) is 9.61. The highest BCUT2D eigenvalue weighted by atomic mass is 16.5. The van der Waals surface area contributed by atoms with Gasteiger partial charge in [-0.1, -0.05) is 0 Å².